The molecule has 0 saturated heterocycles. The zero-order valence-corrected chi connectivity index (χ0v) is 17.5. The molecular formula is C24H20ClN3O3. The molecule has 1 fully saturated rings. The third-order valence-corrected chi connectivity index (χ3v) is 6.77. The van der Waals surface area contributed by atoms with Gasteiger partial charge in [-0.3, -0.25) is 10.6 Å². The number of carbonyl (C=O) groups is 2. The van der Waals surface area contributed by atoms with Gasteiger partial charge in [-0.05, 0) is 65.9 Å². The van der Waals surface area contributed by atoms with Crippen molar-refractivity contribution in [2.45, 2.75) is 24.7 Å². The van der Waals surface area contributed by atoms with E-state index in [0.717, 1.165) is 27.9 Å². The molecule has 2 unspecified atom stereocenters. The van der Waals surface area contributed by atoms with Crippen LogP contribution in [0.25, 0.3) is 11.1 Å². The number of aromatic carboxylic acids is 1. The number of carbonyl (C=O) groups excluding carboxylic acids is 1. The topological polar surface area (TPSA) is 104 Å². The maximum Gasteiger partial charge on any atom is 0.335 e. The van der Waals surface area contributed by atoms with Crippen molar-refractivity contribution >= 4 is 34.9 Å². The molecule has 0 radical (unpaired) electrons. The number of anilines is 2. The van der Waals surface area contributed by atoms with Crippen molar-refractivity contribution in [2.75, 3.05) is 10.7 Å². The number of amides is 1. The summed E-state index contributed by atoms with van der Waals surface area (Å²) >= 11 is 6.55. The van der Waals surface area contributed by atoms with Gasteiger partial charge in [-0.1, -0.05) is 35.9 Å². The number of carboxylic acid groups (broad SMARTS) is 1. The van der Waals surface area contributed by atoms with Crippen LogP contribution in [0.3, 0.4) is 0 Å². The smallest absolute Gasteiger partial charge is 0.335 e. The quantitative estimate of drug-likeness (QED) is 0.353. The number of carboxylic acids is 1. The molecular weight excluding hydrogens is 414 g/mol. The van der Waals surface area contributed by atoms with Gasteiger partial charge in [0.15, 0.2) is 0 Å². The lowest BCUT2D eigenvalue weighted by molar-refractivity contribution is -0.118. The highest BCUT2D eigenvalue weighted by molar-refractivity contribution is 6.34. The van der Waals surface area contributed by atoms with Crippen LogP contribution in [-0.2, 0) is 10.2 Å². The second-order valence-electron chi connectivity index (χ2n) is 8.16. The number of nitrogens with one attached hydrogen (secondary N) is 2. The van der Waals surface area contributed by atoms with Gasteiger partial charge in [0, 0.05) is 22.9 Å². The summed E-state index contributed by atoms with van der Waals surface area (Å²) in [5, 5.41) is 13.0. The molecule has 1 aliphatic heterocycles. The zero-order chi connectivity index (χ0) is 21.9. The lowest BCUT2D eigenvalue weighted by Crippen LogP contribution is -2.21. The first-order chi connectivity index (χ1) is 14.8. The molecule has 5 N–H and O–H groups in total. The molecule has 2 atom stereocenters. The number of rotatable bonds is 4. The van der Waals surface area contributed by atoms with Crippen LogP contribution in [0.15, 0.2) is 54.6 Å². The van der Waals surface area contributed by atoms with Gasteiger partial charge in [0.2, 0.25) is 5.91 Å². The molecule has 156 valence electrons. The number of nitrogens with two attached hydrogens (primary N) is 1. The molecule has 1 amide bonds. The normalized spacial score (nSPS) is 21.0. The Morgan fingerprint density at radius 2 is 1.94 bits per heavy atom. The molecule has 31 heavy (non-hydrogen) atoms. The maximum absolute atomic E-state index is 13.0. The molecule has 0 aromatic heterocycles. The molecule has 1 saturated carbocycles. The monoisotopic (exact) mass is 433 g/mol. The van der Waals surface area contributed by atoms with E-state index in [0.29, 0.717) is 22.7 Å². The predicted octanol–water partition coefficient (Wildman–Crippen LogP) is 4.68. The summed E-state index contributed by atoms with van der Waals surface area (Å²) in [4.78, 5) is 24.6. The first-order valence-corrected chi connectivity index (χ1v) is 10.3. The molecule has 1 aliphatic carbocycles. The molecule has 7 heteroatoms. The highest BCUT2D eigenvalue weighted by atomic mass is 35.5. The summed E-state index contributed by atoms with van der Waals surface area (Å²) < 4.78 is 0. The van der Waals surface area contributed by atoms with Gasteiger partial charge in [0.05, 0.1) is 16.0 Å². The number of nitrogen functional groups attached to an aromatic ring is 1. The number of hydrogen-bond acceptors (Lipinski definition) is 4. The van der Waals surface area contributed by atoms with Crippen LogP contribution in [-0.4, -0.2) is 17.0 Å². The van der Waals surface area contributed by atoms with Crippen molar-refractivity contribution in [2.24, 2.45) is 5.84 Å². The van der Waals surface area contributed by atoms with E-state index >= 15 is 0 Å². The van der Waals surface area contributed by atoms with Crippen LogP contribution < -0.4 is 16.6 Å². The third kappa shape index (κ3) is 2.91. The largest absolute Gasteiger partial charge is 0.478 e. The number of benzene rings is 3. The van der Waals surface area contributed by atoms with Crippen molar-refractivity contribution in [1.29, 1.82) is 0 Å². The second-order valence-corrected chi connectivity index (χ2v) is 8.57. The second kappa shape index (κ2) is 6.83. The number of hydrazine groups is 1. The molecule has 3 aromatic rings. The number of halogens is 1. The van der Waals surface area contributed by atoms with E-state index in [1.165, 1.54) is 0 Å². The zero-order valence-electron chi connectivity index (χ0n) is 16.7. The molecule has 1 heterocycles. The molecule has 0 bridgehead atoms. The van der Waals surface area contributed by atoms with Crippen molar-refractivity contribution in [3.8, 4) is 11.1 Å². The van der Waals surface area contributed by atoms with E-state index in [2.05, 4.69) is 10.7 Å². The van der Waals surface area contributed by atoms with Crippen LogP contribution in [0.4, 0.5) is 11.4 Å². The van der Waals surface area contributed by atoms with Crippen molar-refractivity contribution < 1.29 is 14.7 Å². The highest BCUT2D eigenvalue weighted by Crippen LogP contribution is 2.65. The summed E-state index contributed by atoms with van der Waals surface area (Å²) in [5.41, 5.74) is 7.89. The molecule has 6 nitrogen and oxygen atoms in total. The Morgan fingerprint density at radius 3 is 2.61 bits per heavy atom. The van der Waals surface area contributed by atoms with Crippen molar-refractivity contribution in [3.63, 3.8) is 0 Å². The number of aryl methyl sites for hydroxylation is 1. The molecule has 5 rings (SSSR count). The van der Waals surface area contributed by atoms with E-state index in [1.807, 2.05) is 36.4 Å². The average Bonchev–Trinajstić information content (AvgIpc) is 3.44. The van der Waals surface area contributed by atoms with Gasteiger partial charge in [-0.15, -0.1) is 0 Å². The van der Waals surface area contributed by atoms with E-state index in [4.69, 9.17) is 17.4 Å². The third-order valence-electron chi connectivity index (χ3n) is 6.46. The van der Waals surface area contributed by atoms with E-state index in [1.54, 1.807) is 25.1 Å². The van der Waals surface area contributed by atoms with Gasteiger partial charge in [0.25, 0.3) is 0 Å². The van der Waals surface area contributed by atoms with Gasteiger partial charge in [0.1, 0.15) is 0 Å². The van der Waals surface area contributed by atoms with Gasteiger partial charge >= 0.3 is 5.97 Å². The summed E-state index contributed by atoms with van der Waals surface area (Å²) in [5.74, 6) is 4.34. The Hall–Kier alpha value is -3.35. The minimum Gasteiger partial charge on any atom is -0.478 e. The van der Waals surface area contributed by atoms with E-state index < -0.39 is 11.4 Å². The summed E-state index contributed by atoms with van der Waals surface area (Å²) in [7, 11) is 0. The fourth-order valence-electron chi connectivity index (χ4n) is 4.67. The highest BCUT2D eigenvalue weighted by Gasteiger charge is 2.65. The van der Waals surface area contributed by atoms with Gasteiger partial charge in [-0.2, -0.15) is 0 Å². The Bertz CT molecular complexity index is 1260. The molecule has 3 aromatic carbocycles. The van der Waals surface area contributed by atoms with Gasteiger partial charge in [-0.25, -0.2) is 4.79 Å². The fourth-order valence-corrected chi connectivity index (χ4v) is 4.94. The van der Waals surface area contributed by atoms with Crippen LogP contribution in [0.1, 0.15) is 39.4 Å². The van der Waals surface area contributed by atoms with Crippen LogP contribution in [0.5, 0.6) is 0 Å². The predicted molar refractivity (Wildman–Crippen MR) is 121 cm³/mol. The first-order valence-electron chi connectivity index (χ1n) is 9.91. The van der Waals surface area contributed by atoms with Crippen LogP contribution in [0.2, 0.25) is 5.02 Å². The van der Waals surface area contributed by atoms with E-state index in [9.17, 15) is 14.7 Å². The van der Waals surface area contributed by atoms with E-state index in [-0.39, 0.29) is 17.4 Å². The summed E-state index contributed by atoms with van der Waals surface area (Å²) in [6.45, 7) is 1.77. The minimum atomic E-state index is -0.963. The first kappa shape index (κ1) is 19.6. The Morgan fingerprint density at radius 1 is 1.19 bits per heavy atom. The van der Waals surface area contributed by atoms with Gasteiger partial charge < -0.3 is 15.8 Å². The lowest BCUT2D eigenvalue weighted by atomic mass is 9.89. The van der Waals surface area contributed by atoms with Crippen LogP contribution >= 0.6 is 11.6 Å². The Labute approximate surface area is 184 Å². The summed E-state index contributed by atoms with van der Waals surface area (Å²) in [6, 6.07) is 16.7. The molecule has 1 spiro atoms. The Balaban J connectivity index is 1.58. The number of hydrogen-bond donors (Lipinski definition) is 4. The van der Waals surface area contributed by atoms with Crippen molar-refractivity contribution in [3.05, 3.63) is 81.9 Å². The lowest BCUT2D eigenvalue weighted by Gasteiger charge is -2.13. The average molecular weight is 434 g/mol. The van der Waals surface area contributed by atoms with Crippen molar-refractivity contribution in [1.82, 2.24) is 0 Å². The molecule has 2 aliphatic rings. The fraction of sp³-hybridized carbons (Fsp3) is 0.167. The Kier molecular flexibility index (Phi) is 4.32. The standard InChI is InChI=1S/C24H20ClN3O3/c1-12-2-3-14(8-16(12)22(29)30)19-11-24(19)18-9-17(13-4-6-15(28-26)7-5-13)20(25)10-21(18)27-23(24)31/h2-10,19,28H,11,26H2,1H3,(H,27,31)(H,29,30). The number of fused-ring (bicyclic) bond motifs is 2. The minimum absolute atomic E-state index is 0.0687. The van der Waals surface area contributed by atoms with Crippen LogP contribution in [0, 0.1) is 6.92 Å². The summed E-state index contributed by atoms with van der Waals surface area (Å²) in [6.07, 6.45) is 0.630. The SMILES string of the molecule is Cc1ccc(C2CC23C(=O)Nc2cc(Cl)c(-c4ccc(NN)cc4)cc23)cc1C(=O)O. The maximum atomic E-state index is 13.0.